The van der Waals surface area contributed by atoms with Gasteiger partial charge in [-0.25, -0.2) is 4.39 Å². The third-order valence-electron chi connectivity index (χ3n) is 2.30. The van der Waals surface area contributed by atoms with Crippen LogP contribution in [0, 0.1) is 5.82 Å². The fourth-order valence-electron chi connectivity index (χ4n) is 1.52. The molecule has 0 radical (unpaired) electrons. The summed E-state index contributed by atoms with van der Waals surface area (Å²) in [4.78, 5) is 10.3. The van der Waals surface area contributed by atoms with Gasteiger partial charge in [-0.15, -0.1) is 0 Å². The molecule has 0 aromatic heterocycles. The Morgan fingerprint density at radius 2 is 2.12 bits per heavy atom. The average molecular weight is 226 g/mol. The lowest BCUT2D eigenvalue weighted by Crippen LogP contribution is -2.00. The second-order valence-electron chi connectivity index (χ2n) is 3.57. The summed E-state index contributed by atoms with van der Waals surface area (Å²) in [5, 5.41) is 8.49. The lowest BCUT2D eigenvalue weighted by atomic mass is 10.0. The van der Waals surface area contributed by atoms with Gasteiger partial charge >= 0.3 is 5.97 Å². The summed E-state index contributed by atoms with van der Waals surface area (Å²) >= 11 is 0. The number of methoxy groups -OCH3 is 1. The van der Waals surface area contributed by atoms with E-state index in [2.05, 4.69) is 0 Å². The number of carboxylic acids is 1. The van der Waals surface area contributed by atoms with Gasteiger partial charge in [0, 0.05) is 19.1 Å². The van der Waals surface area contributed by atoms with E-state index in [-0.39, 0.29) is 18.8 Å². The van der Waals surface area contributed by atoms with E-state index in [1.54, 1.807) is 18.2 Å². The maximum absolute atomic E-state index is 13.8. The van der Waals surface area contributed by atoms with Crippen molar-refractivity contribution in [3.8, 4) is 0 Å². The fourth-order valence-corrected chi connectivity index (χ4v) is 1.52. The first-order chi connectivity index (χ1) is 7.65. The molecule has 0 fully saturated rings. The van der Waals surface area contributed by atoms with Crippen LogP contribution in [-0.4, -0.2) is 18.2 Å². The molecule has 0 saturated carbocycles. The molecule has 0 heterocycles. The third kappa shape index (κ3) is 3.62. The average Bonchev–Trinajstić information content (AvgIpc) is 2.23. The number of hydrogen-bond acceptors (Lipinski definition) is 2. The first-order valence-electron chi connectivity index (χ1n) is 5.12. The molecular formula is C12H15FO3. The summed E-state index contributed by atoms with van der Waals surface area (Å²) < 4.78 is 18.6. The van der Waals surface area contributed by atoms with E-state index >= 15 is 0 Å². The largest absolute Gasteiger partial charge is 0.481 e. The fraction of sp³-hybridized carbons (Fsp3) is 0.417. The van der Waals surface area contributed by atoms with Gasteiger partial charge in [-0.3, -0.25) is 4.79 Å². The van der Waals surface area contributed by atoms with Crippen molar-refractivity contribution in [2.45, 2.75) is 25.9 Å². The highest BCUT2D eigenvalue weighted by molar-refractivity contribution is 5.66. The van der Waals surface area contributed by atoms with Crippen LogP contribution in [0.15, 0.2) is 18.2 Å². The van der Waals surface area contributed by atoms with Crippen molar-refractivity contribution in [3.05, 3.63) is 35.1 Å². The Bertz CT molecular complexity index is 363. The SMILES string of the molecule is COCc1cccc(CCCC(=O)O)c1F. The topological polar surface area (TPSA) is 46.5 Å². The van der Waals surface area contributed by atoms with Crippen LogP contribution in [0.5, 0.6) is 0 Å². The summed E-state index contributed by atoms with van der Waals surface area (Å²) in [5.74, 6) is -1.14. The Kier molecular flexibility index (Phi) is 4.92. The van der Waals surface area contributed by atoms with Crippen molar-refractivity contribution in [2.24, 2.45) is 0 Å². The molecule has 16 heavy (non-hydrogen) atoms. The molecule has 1 aromatic carbocycles. The lowest BCUT2D eigenvalue weighted by Gasteiger charge is -2.07. The lowest BCUT2D eigenvalue weighted by molar-refractivity contribution is -0.137. The van der Waals surface area contributed by atoms with Crippen molar-refractivity contribution in [2.75, 3.05) is 7.11 Å². The second kappa shape index (κ2) is 6.23. The summed E-state index contributed by atoms with van der Waals surface area (Å²) in [6.07, 6.45) is 0.951. The van der Waals surface area contributed by atoms with E-state index in [1.165, 1.54) is 7.11 Å². The standard InChI is InChI=1S/C12H15FO3/c1-16-8-10-6-2-4-9(12(10)13)5-3-7-11(14)15/h2,4,6H,3,5,7-8H2,1H3,(H,14,15). The van der Waals surface area contributed by atoms with Gasteiger partial charge in [0.2, 0.25) is 0 Å². The maximum Gasteiger partial charge on any atom is 0.303 e. The van der Waals surface area contributed by atoms with Crippen molar-refractivity contribution >= 4 is 5.97 Å². The van der Waals surface area contributed by atoms with Crippen LogP contribution >= 0.6 is 0 Å². The number of rotatable bonds is 6. The van der Waals surface area contributed by atoms with Gasteiger partial charge in [-0.2, -0.15) is 0 Å². The molecular weight excluding hydrogens is 211 g/mol. The van der Waals surface area contributed by atoms with Gasteiger partial charge in [-0.05, 0) is 18.4 Å². The molecule has 0 aliphatic rings. The minimum Gasteiger partial charge on any atom is -0.481 e. The van der Waals surface area contributed by atoms with Crippen molar-refractivity contribution in [1.29, 1.82) is 0 Å². The molecule has 88 valence electrons. The highest BCUT2D eigenvalue weighted by Gasteiger charge is 2.08. The Labute approximate surface area is 93.9 Å². The van der Waals surface area contributed by atoms with Gasteiger partial charge < -0.3 is 9.84 Å². The highest BCUT2D eigenvalue weighted by atomic mass is 19.1. The van der Waals surface area contributed by atoms with Crippen LogP contribution in [0.4, 0.5) is 4.39 Å². The van der Waals surface area contributed by atoms with E-state index in [1.807, 2.05) is 0 Å². The molecule has 0 unspecified atom stereocenters. The van der Waals surface area contributed by atoms with Gasteiger partial charge in [0.25, 0.3) is 0 Å². The molecule has 1 N–H and O–H groups in total. The zero-order valence-electron chi connectivity index (χ0n) is 9.20. The summed E-state index contributed by atoms with van der Waals surface area (Å²) in [5.41, 5.74) is 1.06. The van der Waals surface area contributed by atoms with Gasteiger partial charge in [-0.1, -0.05) is 18.2 Å². The minimum atomic E-state index is -0.853. The Balaban J connectivity index is 2.65. The van der Waals surface area contributed by atoms with Crippen LogP contribution in [0.3, 0.4) is 0 Å². The predicted octanol–water partition coefficient (Wildman–Crippen LogP) is 2.38. The van der Waals surface area contributed by atoms with Crippen molar-refractivity contribution in [1.82, 2.24) is 0 Å². The molecule has 0 aliphatic carbocycles. The first kappa shape index (κ1) is 12.6. The smallest absolute Gasteiger partial charge is 0.303 e. The molecule has 4 heteroatoms. The van der Waals surface area contributed by atoms with E-state index in [0.717, 1.165) is 0 Å². The number of carboxylic acid groups (broad SMARTS) is 1. The number of benzene rings is 1. The molecule has 0 amide bonds. The van der Waals surface area contributed by atoms with Gasteiger partial charge in [0.05, 0.1) is 6.61 Å². The van der Waals surface area contributed by atoms with Crippen LogP contribution in [-0.2, 0) is 22.6 Å². The van der Waals surface area contributed by atoms with Crippen LogP contribution in [0.2, 0.25) is 0 Å². The molecule has 1 rings (SSSR count). The van der Waals surface area contributed by atoms with Crippen LogP contribution < -0.4 is 0 Å². The normalized spacial score (nSPS) is 10.4. The highest BCUT2D eigenvalue weighted by Crippen LogP contribution is 2.16. The van der Waals surface area contributed by atoms with Crippen LogP contribution in [0.1, 0.15) is 24.0 Å². The number of ether oxygens (including phenoxy) is 1. The monoisotopic (exact) mass is 226 g/mol. The molecule has 0 bridgehead atoms. The zero-order valence-corrected chi connectivity index (χ0v) is 9.20. The molecule has 0 saturated heterocycles. The van der Waals surface area contributed by atoms with E-state index in [0.29, 0.717) is 24.0 Å². The summed E-state index contributed by atoms with van der Waals surface area (Å²) in [7, 11) is 1.51. The van der Waals surface area contributed by atoms with Crippen molar-refractivity contribution in [3.63, 3.8) is 0 Å². The van der Waals surface area contributed by atoms with Crippen LogP contribution in [0.25, 0.3) is 0 Å². The van der Waals surface area contributed by atoms with Crippen molar-refractivity contribution < 1.29 is 19.0 Å². The summed E-state index contributed by atoms with van der Waals surface area (Å²) in [6, 6.07) is 5.10. The molecule has 3 nitrogen and oxygen atoms in total. The summed E-state index contributed by atoms with van der Waals surface area (Å²) in [6.45, 7) is 0.235. The molecule has 0 spiro atoms. The number of aliphatic carboxylic acids is 1. The quantitative estimate of drug-likeness (QED) is 0.810. The van der Waals surface area contributed by atoms with E-state index < -0.39 is 5.97 Å². The maximum atomic E-state index is 13.8. The third-order valence-corrected chi connectivity index (χ3v) is 2.30. The predicted molar refractivity (Wildman–Crippen MR) is 57.7 cm³/mol. The zero-order chi connectivity index (χ0) is 12.0. The number of aryl methyl sites for hydroxylation is 1. The molecule has 1 aromatic rings. The van der Waals surface area contributed by atoms with E-state index in [9.17, 15) is 9.18 Å². The second-order valence-corrected chi connectivity index (χ2v) is 3.57. The number of hydrogen-bond donors (Lipinski definition) is 1. The van der Waals surface area contributed by atoms with E-state index in [4.69, 9.17) is 9.84 Å². The molecule has 0 aliphatic heterocycles. The molecule has 0 atom stereocenters. The number of halogens is 1. The Hall–Kier alpha value is -1.42. The van der Waals surface area contributed by atoms with Gasteiger partial charge in [0.1, 0.15) is 5.82 Å². The minimum absolute atomic E-state index is 0.0634. The van der Waals surface area contributed by atoms with Gasteiger partial charge in [0.15, 0.2) is 0 Å². The Morgan fingerprint density at radius 1 is 1.44 bits per heavy atom. The Morgan fingerprint density at radius 3 is 2.75 bits per heavy atom. The number of carbonyl (C=O) groups is 1. The first-order valence-corrected chi connectivity index (χ1v) is 5.12.